The number of anilines is 3. The normalized spacial score (nSPS) is 10.6. The number of rotatable bonds is 5. The van der Waals surface area contributed by atoms with Crippen LogP contribution >= 0.6 is 11.3 Å². The van der Waals surface area contributed by atoms with Crippen molar-refractivity contribution in [2.24, 2.45) is 0 Å². The van der Waals surface area contributed by atoms with E-state index in [0.29, 0.717) is 0 Å². The molecule has 6 nitrogen and oxygen atoms in total. The van der Waals surface area contributed by atoms with Crippen LogP contribution in [0.1, 0.15) is 0 Å². The minimum absolute atomic E-state index is 0.0388. The lowest BCUT2D eigenvalue weighted by molar-refractivity contribution is -0.119. The van der Waals surface area contributed by atoms with Crippen LogP contribution < -0.4 is 10.6 Å². The lowest BCUT2D eigenvalue weighted by atomic mass is 10.2. The van der Waals surface area contributed by atoms with Crippen molar-refractivity contribution >= 4 is 44.7 Å². The van der Waals surface area contributed by atoms with Crippen LogP contribution in [0.2, 0.25) is 0 Å². The van der Waals surface area contributed by atoms with E-state index in [1.54, 1.807) is 17.7 Å². The summed E-state index contributed by atoms with van der Waals surface area (Å²) in [5, 5.41) is 8.98. The molecule has 0 spiro atoms. The van der Waals surface area contributed by atoms with Gasteiger partial charge in [0.15, 0.2) is 0 Å². The minimum atomic E-state index is -0.181. The SMILES string of the molecule is COCC(=O)Nc1ccc(Nc2ncnc3sccc23)cc1. The first-order valence-corrected chi connectivity index (χ1v) is 7.48. The fraction of sp³-hybridized carbons (Fsp3) is 0.133. The first-order valence-electron chi connectivity index (χ1n) is 6.60. The molecule has 0 saturated heterocycles. The van der Waals surface area contributed by atoms with Gasteiger partial charge in [0.2, 0.25) is 5.91 Å². The molecule has 2 N–H and O–H groups in total. The summed E-state index contributed by atoms with van der Waals surface area (Å²) in [7, 11) is 1.49. The Kier molecular flexibility index (Phi) is 4.27. The molecule has 3 rings (SSSR count). The van der Waals surface area contributed by atoms with Gasteiger partial charge in [-0.2, -0.15) is 0 Å². The summed E-state index contributed by atoms with van der Waals surface area (Å²) in [6, 6.07) is 9.39. The second kappa shape index (κ2) is 6.50. The highest BCUT2D eigenvalue weighted by Gasteiger charge is 2.05. The Morgan fingerprint density at radius 1 is 1.18 bits per heavy atom. The number of aromatic nitrogens is 2. The Labute approximate surface area is 131 Å². The van der Waals surface area contributed by atoms with Crippen LogP contribution in [-0.4, -0.2) is 29.6 Å². The van der Waals surface area contributed by atoms with E-state index >= 15 is 0 Å². The van der Waals surface area contributed by atoms with Gasteiger partial charge in [-0.05, 0) is 35.7 Å². The number of carbonyl (C=O) groups is 1. The van der Waals surface area contributed by atoms with Crippen molar-refractivity contribution in [3.63, 3.8) is 0 Å². The molecular weight excluding hydrogens is 300 g/mol. The van der Waals surface area contributed by atoms with Gasteiger partial charge >= 0.3 is 0 Å². The van der Waals surface area contributed by atoms with Crippen LogP contribution in [0.5, 0.6) is 0 Å². The molecule has 0 radical (unpaired) electrons. The van der Waals surface area contributed by atoms with Gasteiger partial charge in [0.1, 0.15) is 23.6 Å². The third-order valence-electron chi connectivity index (χ3n) is 2.97. The van der Waals surface area contributed by atoms with Gasteiger partial charge in [-0.3, -0.25) is 4.79 Å². The lowest BCUT2D eigenvalue weighted by Crippen LogP contribution is -2.16. The summed E-state index contributed by atoms with van der Waals surface area (Å²) in [4.78, 5) is 20.9. The Morgan fingerprint density at radius 2 is 1.95 bits per heavy atom. The van der Waals surface area contributed by atoms with Crippen LogP contribution in [0, 0.1) is 0 Å². The molecule has 0 atom stereocenters. The Bertz CT molecular complexity index is 786. The molecule has 0 aliphatic rings. The van der Waals surface area contributed by atoms with Gasteiger partial charge in [-0.15, -0.1) is 11.3 Å². The molecule has 22 heavy (non-hydrogen) atoms. The van der Waals surface area contributed by atoms with Gasteiger partial charge in [0, 0.05) is 18.5 Å². The standard InChI is InChI=1S/C15H14N4O2S/c1-21-8-13(20)18-10-2-4-11(5-3-10)19-14-12-6-7-22-15(12)17-9-16-14/h2-7,9H,8H2,1H3,(H,18,20)(H,16,17,19). The second-order valence-corrected chi connectivity index (χ2v) is 5.44. The molecule has 112 valence electrons. The molecule has 7 heteroatoms. The van der Waals surface area contributed by atoms with Crippen LogP contribution in [0.15, 0.2) is 42.0 Å². The quantitative estimate of drug-likeness (QED) is 0.757. The van der Waals surface area contributed by atoms with Crippen LogP contribution in [0.4, 0.5) is 17.2 Å². The van der Waals surface area contributed by atoms with Crippen molar-refractivity contribution in [3.05, 3.63) is 42.0 Å². The number of nitrogens with zero attached hydrogens (tertiary/aromatic N) is 2. The van der Waals surface area contributed by atoms with Crippen LogP contribution in [0.25, 0.3) is 10.2 Å². The van der Waals surface area contributed by atoms with E-state index in [2.05, 4.69) is 20.6 Å². The van der Waals surface area contributed by atoms with Gasteiger partial charge < -0.3 is 15.4 Å². The summed E-state index contributed by atoms with van der Waals surface area (Å²) in [6.45, 7) is 0.0388. The largest absolute Gasteiger partial charge is 0.375 e. The highest BCUT2D eigenvalue weighted by atomic mass is 32.1. The monoisotopic (exact) mass is 314 g/mol. The van der Waals surface area contributed by atoms with E-state index in [4.69, 9.17) is 4.74 Å². The van der Waals surface area contributed by atoms with E-state index in [1.807, 2.05) is 35.7 Å². The van der Waals surface area contributed by atoms with Crippen molar-refractivity contribution in [3.8, 4) is 0 Å². The van der Waals surface area contributed by atoms with Gasteiger partial charge in [0.25, 0.3) is 0 Å². The van der Waals surface area contributed by atoms with Crippen LogP contribution in [0.3, 0.4) is 0 Å². The number of ether oxygens (including phenoxy) is 1. The summed E-state index contributed by atoms with van der Waals surface area (Å²) in [5.74, 6) is 0.585. The van der Waals surface area contributed by atoms with E-state index in [9.17, 15) is 4.79 Å². The van der Waals surface area contributed by atoms with Crippen molar-refractivity contribution in [2.45, 2.75) is 0 Å². The Hall–Kier alpha value is -2.51. The molecule has 0 bridgehead atoms. The highest BCUT2D eigenvalue weighted by molar-refractivity contribution is 7.16. The molecule has 1 aromatic carbocycles. The summed E-state index contributed by atoms with van der Waals surface area (Å²) < 4.78 is 4.77. The maximum Gasteiger partial charge on any atom is 0.250 e. The topological polar surface area (TPSA) is 76.1 Å². The zero-order chi connectivity index (χ0) is 15.4. The fourth-order valence-electron chi connectivity index (χ4n) is 1.99. The molecule has 0 saturated carbocycles. The average Bonchev–Trinajstić information content (AvgIpc) is 2.99. The number of fused-ring (bicyclic) bond motifs is 1. The number of amides is 1. The van der Waals surface area contributed by atoms with E-state index in [1.165, 1.54) is 7.11 Å². The first kappa shape index (κ1) is 14.4. The second-order valence-electron chi connectivity index (χ2n) is 4.55. The number of methoxy groups -OCH3 is 1. The van der Waals surface area contributed by atoms with Gasteiger partial charge in [-0.1, -0.05) is 0 Å². The molecule has 2 aromatic heterocycles. The zero-order valence-electron chi connectivity index (χ0n) is 11.9. The number of thiophene rings is 1. The van der Waals surface area contributed by atoms with E-state index in [0.717, 1.165) is 27.4 Å². The number of benzene rings is 1. The summed E-state index contributed by atoms with van der Waals surface area (Å²) in [5.41, 5.74) is 1.60. The van der Waals surface area contributed by atoms with Crippen molar-refractivity contribution < 1.29 is 9.53 Å². The molecule has 0 aliphatic heterocycles. The molecule has 0 unspecified atom stereocenters. The first-order chi connectivity index (χ1) is 10.8. The van der Waals surface area contributed by atoms with Crippen molar-refractivity contribution in [1.29, 1.82) is 0 Å². The fourth-order valence-corrected chi connectivity index (χ4v) is 2.72. The lowest BCUT2D eigenvalue weighted by Gasteiger charge is -2.08. The number of hydrogen-bond acceptors (Lipinski definition) is 6. The highest BCUT2D eigenvalue weighted by Crippen LogP contribution is 2.26. The smallest absolute Gasteiger partial charge is 0.250 e. The maximum atomic E-state index is 11.4. The number of hydrogen-bond donors (Lipinski definition) is 2. The average molecular weight is 314 g/mol. The van der Waals surface area contributed by atoms with Crippen molar-refractivity contribution in [2.75, 3.05) is 24.4 Å². The molecule has 0 fully saturated rings. The predicted octanol–water partition coefficient (Wildman–Crippen LogP) is 3.02. The third-order valence-corrected chi connectivity index (χ3v) is 3.79. The van der Waals surface area contributed by atoms with Gasteiger partial charge in [0.05, 0.1) is 5.39 Å². The van der Waals surface area contributed by atoms with E-state index < -0.39 is 0 Å². The predicted molar refractivity (Wildman–Crippen MR) is 87.6 cm³/mol. The molecule has 0 aliphatic carbocycles. The number of nitrogens with one attached hydrogen (secondary N) is 2. The third kappa shape index (κ3) is 3.21. The maximum absolute atomic E-state index is 11.4. The molecule has 1 amide bonds. The Morgan fingerprint density at radius 3 is 2.73 bits per heavy atom. The van der Waals surface area contributed by atoms with E-state index in [-0.39, 0.29) is 12.5 Å². The van der Waals surface area contributed by atoms with Crippen molar-refractivity contribution in [1.82, 2.24) is 9.97 Å². The Balaban J connectivity index is 1.73. The summed E-state index contributed by atoms with van der Waals surface area (Å²) in [6.07, 6.45) is 1.54. The minimum Gasteiger partial charge on any atom is -0.375 e. The van der Waals surface area contributed by atoms with Gasteiger partial charge in [-0.25, -0.2) is 9.97 Å². The number of carbonyl (C=O) groups excluding carboxylic acids is 1. The molecular formula is C15H14N4O2S. The zero-order valence-corrected chi connectivity index (χ0v) is 12.7. The molecule has 3 aromatic rings. The summed E-state index contributed by atoms with van der Waals surface area (Å²) >= 11 is 1.58. The van der Waals surface area contributed by atoms with Crippen LogP contribution in [-0.2, 0) is 9.53 Å². The molecule has 2 heterocycles.